The molecule has 1 saturated heterocycles. The van der Waals surface area contributed by atoms with E-state index in [1.807, 2.05) is 37.3 Å². The van der Waals surface area contributed by atoms with E-state index >= 15 is 0 Å². The van der Waals surface area contributed by atoms with Gasteiger partial charge < -0.3 is 0 Å². The second-order valence-corrected chi connectivity index (χ2v) is 10.1. The maximum atomic E-state index is 13.0. The number of hydrogen-bond acceptors (Lipinski definition) is 6. The highest BCUT2D eigenvalue weighted by atomic mass is 35.5. The van der Waals surface area contributed by atoms with Crippen molar-refractivity contribution in [2.24, 2.45) is 4.99 Å². The molecule has 3 heterocycles. The van der Waals surface area contributed by atoms with E-state index in [2.05, 4.69) is 4.99 Å². The number of aliphatic imine (C=N–C) groups is 1. The Morgan fingerprint density at radius 2 is 1.71 bits per heavy atom. The molecule has 2 amide bonds. The lowest BCUT2D eigenvalue weighted by Crippen LogP contribution is -2.41. The van der Waals surface area contributed by atoms with E-state index < -0.39 is 5.25 Å². The van der Waals surface area contributed by atoms with Gasteiger partial charge in [0.25, 0.3) is 10.8 Å². The molecule has 0 aliphatic carbocycles. The number of imide groups is 1. The number of rotatable bonds is 10. The second-order valence-electron chi connectivity index (χ2n) is 8.47. The molecule has 10 heteroatoms. The maximum Gasteiger partial charge on any atom is 0.332 e. The average Bonchev–Trinajstić information content (AvgIpc) is 3.33. The van der Waals surface area contributed by atoms with E-state index in [0.29, 0.717) is 42.4 Å². The molecule has 1 fully saturated rings. The smallest absolute Gasteiger partial charge is 0.278 e. The van der Waals surface area contributed by atoms with Gasteiger partial charge in [-0.2, -0.15) is 0 Å². The van der Waals surface area contributed by atoms with Crippen LogP contribution in [0.1, 0.15) is 43.7 Å². The van der Waals surface area contributed by atoms with Gasteiger partial charge in [-0.05, 0) is 31.2 Å². The number of nitrogens with zero attached hydrogens (tertiary/aromatic N) is 4. The largest absolute Gasteiger partial charge is 0.332 e. The monoisotopic (exact) mass is 502 g/mol. The van der Waals surface area contributed by atoms with Crippen molar-refractivity contribution in [2.45, 2.75) is 63.8 Å². The van der Waals surface area contributed by atoms with Gasteiger partial charge in [0.1, 0.15) is 11.0 Å². The number of unbranched alkanes of at least 4 members (excludes halogenated alkanes) is 2. The lowest BCUT2D eigenvalue weighted by Gasteiger charge is -2.15. The third-order valence-corrected chi connectivity index (χ3v) is 7.35. The summed E-state index contributed by atoms with van der Waals surface area (Å²) in [5.74, 6) is 0.196. The summed E-state index contributed by atoms with van der Waals surface area (Å²) < 4.78 is 2.77. The number of halogens is 1. The number of carbonyl (C=O) groups is 2. The fourth-order valence-electron chi connectivity index (χ4n) is 4.24. The van der Waals surface area contributed by atoms with Gasteiger partial charge in [0, 0.05) is 26.1 Å². The highest BCUT2D eigenvalue weighted by Gasteiger charge is 2.39. The summed E-state index contributed by atoms with van der Waals surface area (Å²) in [4.78, 5) is 56.6. The Morgan fingerprint density at radius 3 is 2.44 bits per heavy atom. The molecule has 1 atom stereocenters. The van der Waals surface area contributed by atoms with Crippen molar-refractivity contribution in [3.8, 4) is 0 Å². The Kier molecular flexibility index (Phi) is 7.73. The van der Waals surface area contributed by atoms with E-state index in [-0.39, 0.29) is 41.9 Å². The number of amides is 2. The summed E-state index contributed by atoms with van der Waals surface area (Å²) in [6.07, 6.45) is 3.43. The van der Waals surface area contributed by atoms with Gasteiger partial charge in [0.2, 0.25) is 5.91 Å². The molecule has 8 nitrogen and oxygen atoms in total. The highest BCUT2D eigenvalue weighted by molar-refractivity contribution is 8.15. The van der Waals surface area contributed by atoms with Crippen molar-refractivity contribution in [3.63, 3.8) is 0 Å². The third-order valence-electron chi connectivity index (χ3n) is 6.06. The molecule has 0 saturated carbocycles. The molecule has 0 spiro atoms. The summed E-state index contributed by atoms with van der Waals surface area (Å²) in [6.45, 7) is 2.99. The molecule has 0 bridgehead atoms. The standard InChI is InChI=1S/C24H27ClN4O4S/c1-2-3-11-27-20-17(15-19(25)26-20)21(30)28(23(27)32)12-7-8-13-29-22(31)18(34-24(29)33)14-16-9-5-4-6-10-16/h4-6,9-10,18H,2-3,7-8,11-15H2,1H3. The first-order chi connectivity index (χ1) is 16.4. The first kappa shape index (κ1) is 24.5. The number of benzene rings is 1. The lowest BCUT2D eigenvalue weighted by molar-refractivity contribution is -0.126. The Hall–Kier alpha value is -2.65. The van der Waals surface area contributed by atoms with Crippen molar-refractivity contribution in [1.82, 2.24) is 14.0 Å². The fraction of sp³-hybridized carbons (Fsp3) is 0.458. The van der Waals surface area contributed by atoms with E-state index in [4.69, 9.17) is 11.6 Å². The summed E-state index contributed by atoms with van der Waals surface area (Å²) >= 11 is 7.13. The summed E-state index contributed by atoms with van der Waals surface area (Å²) in [5.41, 5.74) is 0.714. The molecule has 1 aromatic heterocycles. The van der Waals surface area contributed by atoms with Crippen LogP contribution < -0.4 is 11.2 Å². The predicted octanol–water partition coefficient (Wildman–Crippen LogP) is 3.72. The Morgan fingerprint density at radius 1 is 1.00 bits per heavy atom. The molecule has 4 rings (SSSR count). The average molecular weight is 503 g/mol. The molecule has 180 valence electrons. The van der Waals surface area contributed by atoms with Crippen molar-refractivity contribution in [1.29, 1.82) is 0 Å². The minimum atomic E-state index is -0.412. The van der Waals surface area contributed by atoms with Crippen LogP contribution in [-0.4, -0.2) is 42.1 Å². The van der Waals surface area contributed by atoms with Gasteiger partial charge in [-0.1, -0.05) is 67.0 Å². The molecular formula is C24H27ClN4O4S. The van der Waals surface area contributed by atoms with Gasteiger partial charge in [0.05, 0.1) is 10.8 Å². The third kappa shape index (κ3) is 5.05. The predicted molar refractivity (Wildman–Crippen MR) is 134 cm³/mol. The fourth-order valence-corrected chi connectivity index (χ4v) is 5.51. The molecule has 0 N–H and O–H groups in total. The van der Waals surface area contributed by atoms with Crippen molar-refractivity contribution >= 4 is 45.5 Å². The lowest BCUT2D eigenvalue weighted by atomic mass is 10.1. The van der Waals surface area contributed by atoms with Crippen LogP contribution in [0.15, 0.2) is 44.9 Å². The number of carbonyl (C=O) groups excluding carboxylic acids is 2. The van der Waals surface area contributed by atoms with Crippen LogP contribution in [0.25, 0.3) is 0 Å². The molecule has 1 unspecified atom stereocenters. The number of hydrogen-bond donors (Lipinski definition) is 0. The topological polar surface area (TPSA) is 93.7 Å². The minimum Gasteiger partial charge on any atom is -0.278 e. The van der Waals surface area contributed by atoms with E-state index in [1.54, 1.807) is 0 Å². The Balaban J connectivity index is 1.39. The van der Waals surface area contributed by atoms with Gasteiger partial charge in [-0.15, -0.1) is 0 Å². The highest BCUT2D eigenvalue weighted by Crippen LogP contribution is 2.30. The minimum absolute atomic E-state index is 0.178. The molecule has 1 aromatic carbocycles. The SMILES string of the molecule is CCCCn1c2c(c(=O)n(CCCCN3C(=O)SC(Cc4ccccc4)C3=O)c1=O)CC(Cl)=N2. The van der Waals surface area contributed by atoms with Crippen molar-refractivity contribution in [2.75, 3.05) is 6.54 Å². The summed E-state index contributed by atoms with van der Waals surface area (Å²) in [7, 11) is 0. The van der Waals surface area contributed by atoms with Crippen LogP contribution in [-0.2, 0) is 30.7 Å². The first-order valence-electron chi connectivity index (χ1n) is 11.6. The zero-order valence-electron chi connectivity index (χ0n) is 19.0. The van der Waals surface area contributed by atoms with E-state index in [1.165, 1.54) is 14.0 Å². The maximum absolute atomic E-state index is 13.0. The quantitative estimate of drug-likeness (QED) is 0.461. The summed E-state index contributed by atoms with van der Waals surface area (Å²) in [5, 5.41) is -0.345. The number of thioether (sulfide) groups is 1. The second kappa shape index (κ2) is 10.7. The number of aromatic nitrogens is 2. The van der Waals surface area contributed by atoms with Crippen LogP contribution in [0.5, 0.6) is 0 Å². The van der Waals surface area contributed by atoms with Crippen LogP contribution in [0, 0.1) is 0 Å². The molecule has 2 aromatic rings. The first-order valence-corrected chi connectivity index (χ1v) is 12.8. The normalized spacial score (nSPS) is 17.4. The van der Waals surface area contributed by atoms with Gasteiger partial charge in [-0.25, -0.2) is 9.79 Å². The Bertz CT molecular complexity index is 1240. The van der Waals surface area contributed by atoms with Crippen LogP contribution in [0.3, 0.4) is 0 Å². The zero-order valence-corrected chi connectivity index (χ0v) is 20.6. The summed E-state index contributed by atoms with van der Waals surface area (Å²) in [6, 6.07) is 9.63. The van der Waals surface area contributed by atoms with Crippen LogP contribution in [0.4, 0.5) is 10.6 Å². The van der Waals surface area contributed by atoms with Gasteiger partial charge >= 0.3 is 5.69 Å². The van der Waals surface area contributed by atoms with Crippen LogP contribution in [0.2, 0.25) is 0 Å². The van der Waals surface area contributed by atoms with Gasteiger partial charge in [0.15, 0.2) is 0 Å². The van der Waals surface area contributed by atoms with Crippen LogP contribution >= 0.6 is 23.4 Å². The Labute approximate surface area is 206 Å². The molecule has 2 aliphatic heterocycles. The van der Waals surface area contributed by atoms with Gasteiger partial charge in [-0.3, -0.25) is 28.4 Å². The zero-order chi connectivity index (χ0) is 24.2. The van der Waals surface area contributed by atoms with Crippen molar-refractivity contribution in [3.05, 3.63) is 62.3 Å². The molecule has 34 heavy (non-hydrogen) atoms. The number of fused-ring (bicyclic) bond motifs is 1. The van der Waals surface area contributed by atoms with E-state index in [9.17, 15) is 19.2 Å². The molecule has 0 radical (unpaired) electrons. The van der Waals surface area contributed by atoms with Crippen molar-refractivity contribution < 1.29 is 9.59 Å². The molecular weight excluding hydrogens is 476 g/mol. The van der Waals surface area contributed by atoms with E-state index in [0.717, 1.165) is 30.2 Å². The molecule has 2 aliphatic rings.